The van der Waals surface area contributed by atoms with Gasteiger partial charge in [0.25, 0.3) is 0 Å². The summed E-state index contributed by atoms with van der Waals surface area (Å²) >= 11 is 0. The second-order valence-corrected chi connectivity index (χ2v) is 5.91. The molecule has 23 heavy (non-hydrogen) atoms. The lowest BCUT2D eigenvalue weighted by Crippen LogP contribution is -2.61. The van der Waals surface area contributed by atoms with E-state index in [1.165, 1.54) is 0 Å². The maximum atomic E-state index is 8.94. The zero-order valence-electron chi connectivity index (χ0n) is 13.2. The number of nitrogens with one attached hydrogen (secondary N) is 1. The average Bonchev–Trinajstić information content (AvgIpc) is 2.97. The number of aromatic nitrogens is 1. The molecule has 1 saturated heterocycles. The Morgan fingerprint density at radius 1 is 1.35 bits per heavy atom. The van der Waals surface area contributed by atoms with Gasteiger partial charge in [0.05, 0.1) is 38.2 Å². The Bertz CT molecular complexity index is 637. The van der Waals surface area contributed by atoms with E-state index in [1.807, 2.05) is 24.3 Å². The first kappa shape index (κ1) is 16.0. The summed E-state index contributed by atoms with van der Waals surface area (Å²) in [4.78, 5) is 0. The Labute approximate surface area is 135 Å². The van der Waals surface area contributed by atoms with E-state index in [-0.39, 0.29) is 12.1 Å². The van der Waals surface area contributed by atoms with E-state index in [0.29, 0.717) is 25.4 Å². The quantitative estimate of drug-likeness (QED) is 0.764. The van der Waals surface area contributed by atoms with Gasteiger partial charge in [-0.3, -0.25) is 0 Å². The van der Waals surface area contributed by atoms with Crippen molar-refractivity contribution >= 4 is 0 Å². The number of rotatable bonds is 8. The van der Waals surface area contributed by atoms with Gasteiger partial charge in [0.1, 0.15) is 11.5 Å². The molecule has 1 aliphatic rings. The zero-order chi connectivity index (χ0) is 16.1. The number of nitrogens with zero attached hydrogens (tertiary/aromatic N) is 1. The molecule has 0 saturated carbocycles. The molecule has 0 unspecified atom stereocenters. The molecule has 0 atom stereocenters. The maximum Gasteiger partial charge on any atom is 0.139 e. The van der Waals surface area contributed by atoms with Gasteiger partial charge in [0, 0.05) is 25.5 Å². The molecule has 1 aromatic carbocycles. The number of methoxy groups -OCH3 is 1. The van der Waals surface area contributed by atoms with Crippen LogP contribution in [0.15, 0.2) is 34.9 Å². The van der Waals surface area contributed by atoms with Crippen molar-refractivity contribution in [3.63, 3.8) is 0 Å². The van der Waals surface area contributed by atoms with Crippen molar-refractivity contribution in [2.45, 2.75) is 24.9 Å². The minimum atomic E-state index is -0.115. The van der Waals surface area contributed by atoms with Crippen LogP contribution in [0, 0.1) is 0 Å². The fourth-order valence-electron chi connectivity index (χ4n) is 2.70. The van der Waals surface area contributed by atoms with Crippen molar-refractivity contribution in [2.24, 2.45) is 0 Å². The predicted octanol–water partition coefficient (Wildman–Crippen LogP) is 1.32. The summed E-state index contributed by atoms with van der Waals surface area (Å²) in [5.74, 6) is 1.57. The molecule has 124 valence electrons. The van der Waals surface area contributed by atoms with Gasteiger partial charge >= 0.3 is 0 Å². The van der Waals surface area contributed by atoms with E-state index in [4.69, 9.17) is 19.1 Å². The summed E-state index contributed by atoms with van der Waals surface area (Å²) in [5.41, 5.74) is 1.93. The summed E-state index contributed by atoms with van der Waals surface area (Å²) in [5, 5.41) is 16.6. The van der Waals surface area contributed by atoms with Crippen molar-refractivity contribution in [2.75, 3.05) is 26.9 Å². The fraction of sp³-hybridized carbons (Fsp3) is 0.471. The molecule has 2 heterocycles. The molecular formula is C17H22N2O4. The molecule has 2 N–H and O–H groups in total. The van der Waals surface area contributed by atoms with Crippen LogP contribution in [0.2, 0.25) is 0 Å². The number of hydrogen-bond donors (Lipinski definition) is 2. The smallest absolute Gasteiger partial charge is 0.139 e. The van der Waals surface area contributed by atoms with E-state index in [2.05, 4.69) is 16.5 Å². The molecule has 1 fully saturated rings. The van der Waals surface area contributed by atoms with Crippen molar-refractivity contribution < 1.29 is 19.1 Å². The van der Waals surface area contributed by atoms with E-state index >= 15 is 0 Å². The number of aliphatic hydroxyl groups excluding tert-OH is 1. The van der Waals surface area contributed by atoms with Gasteiger partial charge in [-0.15, -0.1) is 0 Å². The van der Waals surface area contributed by atoms with Crippen LogP contribution in [-0.4, -0.2) is 42.7 Å². The van der Waals surface area contributed by atoms with Crippen LogP contribution in [0.1, 0.15) is 17.0 Å². The third-order valence-electron chi connectivity index (χ3n) is 4.04. The van der Waals surface area contributed by atoms with Crippen LogP contribution in [0.4, 0.5) is 0 Å². The minimum Gasteiger partial charge on any atom is -0.497 e. The lowest BCUT2D eigenvalue weighted by atomic mass is 9.90. The molecule has 0 bridgehead atoms. The largest absolute Gasteiger partial charge is 0.497 e. The fourth-order valence-corrected chi connectivity index (χ4v) is 2.70. The lowest BCUT2D eigenvalue weighted by Gasteiger charge is -2.42. The summed E-state index contributed by atoms with van der Waals surface area (Å²) in [7, 11) is 1.67. The summed E-state index contributed by atoms with van der Waals surface area (Å²) < 4.78 is 15.9. The number of hydrogen-bond acceptors (Lipinski definition) is 6. The number of aliphatic hydroxyl groups is 1. The van der Waals surface area contributed by atoms with Crippen molar-refractivity contribution in [3.05, 3.63) is 47.3 Å². The highest BCUT2D eigenvalue weighted by Gasteiger charge is 2.39. The first-order chi connectivity index (χ1) is 11.2. The van der Waals surface area contributed by atoms with Gasteiger partial charge < -0.3 is 24.4 Å². The first-order valence-corrected chi connectivity index (χ1v) is 7.74. The highest BCUT2D eigenvalue weighted by atomic mass is 16.5. The molecular weight excluding hydrogens is 296 g/mol. The van der Waals surface area contributed by atoms with Crippen LogP contribution in [0.5, 0.6) is 5.75 Å². The molecule has 0 aliphatic carbocycles. The van der Waals surface area contributed by atoms with E-state index in [0.717, 1.165) is 30.0 Å². The summed E-state index contributed by atoms with van der Waals surface area (Å²) in [6.45, 7) is 2.11. The monoisotopic (exact) mass is 318 g/mol. The van der Waals surface area contributed by atoms with E-state index in [9.17, 15) is 0 Å². The topological polar surface area (TPSA) is 76.8 Å². The molecule has 2 aromatic rings. The van der Waals surface area contributed by atoms with Gasteiger partial charge in [0.2, 0.25) is 0 Å². The van der Waals surface area contributed by atoms with Crippen molar-refractivity contribution in [1.82, 2.24) is 10.5 Å². The highest BCUT2D eigenvalue weighted by molar-refractivity contribution is 5.28. The number of ether oxygens (including phenoxy) is 2. The molecule has 1 aliphatic heterocycles. The molecule has 0 spiro atoms. The van der Waals surface area contributed by atoms with Crippen LogP contribution >= 0.6 is 0 Å². The standard InChI is InChI=1S/C17H22N2O4/c1-21-15-4-2-3-13(7-15)10-18-17(11-22-12-17)9-14-8-16(5-6-20)23-19-14/h2-4,7-8,18,20H,5-6,9-12H2,1H3. The summed E-state index contributed by atoms with van der Waals surface area (Å²) in [6, 6.07) is 9.92. The molecule has 1 aromatic heterocycles. The third kappa shape index (κ3) is 3.90. The average molecular weight is 318 g/mol. The SMILES string of the molecule is COc1cccc(CNC2(Cc3cc(CCO)on3)COC2)c1. The molecule has 3 rings (SSSR count). The first-order valence-electron chi connectivity index (χ1n) is 7.74. The third-order valence-corrected chi connectivity index (χ3v) is 4.04. The second kappa shape index (κ2) is 7.12. The Kier molecular flexibility index (Phi) is 4.95. The van der Waals surface area contributed by atoms with Gasteiger partial charge in [0.15, 0.2) is 0 Å². The van der Waals surface area contributed by atoms with E-state index in [1.54, 1.807) is 7.11 Å². The highest BCUT2D eigenvalue weighted by Crippen LogP contribution is 2.24. The molecule has 0 amide bonds. The second-order valence-electron chi connectivity index (χ2n) is 5.91. The van der Waals surface area contributed by atoms with Gasteiger partial charge in [-0.05, 0) is 17.7 Å². The minimum absolute atomic E-state index is 0.0664. The number of benzene rings is 1. The Morgan fingerprint density at radius 2 is 2.22 bits per heavy atom. The van der Waals surface area contributed by atoms with Crippen molar-refractivity contribution in [3.8, 4) is 5.75 Å². The van der Waals surface area contributed by atoms with Gasteiger partial charge in [-0.25, -0.2) is 0 Å². The lowest BCUT2D eigenvalue weighted by molar-refractivity contribution is -0.0755. The zero-order valence-corrected chi connectivity index (χ0v) is 13.2. The van der Waals surface area contributed by atoms with Gasteiger partial charge in [-0.1, -0.05) is 17.3 Å². The Morgan fingerprint density at radius 3 is 2.91 bits per heavy atom. The Hall–Kier alpha value is -1.89. The van der Waals surface area contributed by atoms with Crippen LogP contribution in [0.3, 0.4) is 0 Å². The van der Waals surface area contributed by atoms with Crippen LogP contribution < -0.4 is 10.1 Å². The van der Waals surface area contributed by atoms with Crippen LogP contribution in [0.25, 0.3) is 0 Å². The predicted molar refractivity (Wildman–Crippen MR) is 84.4 cm³/mol. The molecule has 0 radical (unpaired) electrons. The van der Waals surface area contributed by atoms with Crippen molar-refractivity contribution in [1.29, 1.82) is 0 Å². The maximum absolute atomic E-state index is 8.94. The summed E-state index contributed by atoms with van der Waals surface area (Å²) in [6.07, 6.45) is 1.24. The van der Waals surface area contributed by atoms with E-state index < -0.39 is 0 Å². The molecule has 6 nitrogen and oxygen atoms in total. The molecule has 6 heteroatoms. The van der Waals surface area contributed by atoms with Gasteiger partial charge in [-0.2, -0.15) is 0 Å². The normalized spacial score (nSPS) is 16.1. The Balaban J connectivity index is 1.61. The van der Waals surface area contributed by atoms with Crippen LogP contribution in [-0.2, 0) is 24.1 Å².